The minimum Gasteiger partial charge on any atom is -0.486 e. The lowest BCUT2D eigenvalue weighted by molar-refractivity contribution is 0.202. The zero-order valence-corrected chi connectivity index (χ0v) is 8.51. The average molecular weight is 216 g/mol. The number of ether oxygens (including phenoxy) is 1. The van der Waals surface area contributed by atoms with Crippen LogP contribution in [0.15, 0.2) is 12.1 Å². The number of hydrogen-bond acceptors (Lipinski definition) is 2. The van der Waals surface area contributed by atoms with Crippen LogP contribution in [0.1, 0.15) is 24.9 Å². The van der Waals surface area contributed by atoms with Crippen LogP contribution in [-0.4, -0.2) is 6.10 Å². The van der Waals surface area contributed by atoms with Crippen molar-refractivity contribution in [3.05, 3.63) is 28.5 Å². The van der Waals surface area contributed by atoms with Gasteiger partial charge in [-0.05, 0) is 18.6 Å². The SMILES string of the molecule is CCC1Oc2c(Cl)ccc(F)c2C1N. The molecule has 0 spiro atoms. The monoisotopic (exact) mass is 215 g/mol. The molecule has 2 atom stereocenters. The molecule has 2 N–H and O–H groups in total. The van der Waals surface area contributed by atoms with Gasteiger partial charge in [-0.2, -0.15) is 0 Å². The van der Waals surface area contributed by atoms with Crippen molar-refractivity contribution in [2.75, 3.05) is 0 Å². The highest BCUT2D eigenvalue weighted by Gasteiger charge is 2.34. The Balaban J connectivity index is 2.52. The Bertz CT molecular complexity index is 369. The Labute approximate surface area is 86.8 Å². The van der Waals surface area contributed by atoms with Crippen molar-refractivity contribution in [2.45, 2.75) is 25.5 Å². The number of halogens is 2. The van der Waals surface area contributed by atoms with Gasteiger partial charge in [-0.25, -0.2) is 4.39 Å². The molecule has 0 radical (unpaired) electrons. The topological polar surface area (TPSA) is 35.2 Å². The second-order valence-corrected chi connectivity index (χ2v) is 3.77. The first-order valence-electron chi connectivity index (χ1n) is 4.55. The molecule has 0 bridgehead atoms. The Hall–Kier alpha value is -0.800. The maximum Gasteiger partial charge on any atom is 0.146 e. The molecule has 0 aromatic heterocycles. The van der Waals surface area contributed by atoms with Gasteiger partial charge in [0.25, 0.3) is 0 Å². The fraction of sp³-hybridized carbons (Fsp3) is 0.400. The van der Waals surface area contributed by atoms with Crippen LogP contribution in [0.2, 0.25) is 5.02 Å². The van der Waals surface area contributed by atoms with Crippen molar-refractivity contribution >= 4 is 11.6 Å². The molecule has 0 aliphatic carbocycles. The standard InChI is InChI=1S/C10H11ClFNO/c1-2-7-9(13)8-6(12)4-3-5(11)10(8)14-7/h3-4,7,9H,2,13H2,1H3. The lowest BCUT2D eigenvalue weighted by Gasteiger charge is -2.11. The third-order valence-electron chi connectivity index (χ3n) is 2.50. The maximum atomic E-state index is 13.4. The molecular weight excluding hydrogens is 205 g/mol. The first-order valence-corrected chi connectivity index (χ1v) is 4.93. The van der Waals surface area contributed by atoms with Crippen LogP contribution < -0.4 is 10.5 Å². The van der Waals surface area contributed by atoms with E-state index in [2.05, 4.69) is 0 Å². The van der Waals surface area contributed by atoms with Crippen LogP contribution in [0.3, 0.4) is 0 Å². The van der Waals surface area contributed by atoms with Gasteiger partial charge in [0.15, 0.2) is 0 Å². The summed E-state index contributed by atoms with van der Waals surface area (Å²) in [6.07, 6.45) is 0.574. The maximum absolute atomic E-state index is 13.4. The van der Waals surface area contributed by atoms with E-state index in [1.807, 2.05) is 6.92 Å². The van der Waals surface area contributed by atoms with Crippen LogP contribution in [-0.2, 0) is 0 Å². The molecule has 14 heavy (non-hydrogen) atoms. The van der Waals surface area contributed by atoms with Crippen LogP contribution in [0.5, 0.6) is 5.75 Å². The van der Waals surface area contributed by atoms with Crippen molar-refractivity contribution in [1.82, 2.24) is 0 Å². The van der Waals surface area contributed by atoms with E-state index in [4.69, 9.17) is 22.1 Å². The van der Waals surface area contributed by atoms with E-state index in [1.165, 1.54) is 12.1 Å². The minimum atomic E-state index is -0.409. The van der Waals surface area contributed by atoms with Gasteiger partial charge in [0.05, 0.1) is 16.6 Å². The average Bonchev–Trinajstić information content (AvgIpc) is 2.51. The number of rotatable bonds is 1. The molecule has 2 unspecified atom stereocenters. The van der Waals surface area contributed by atoms with Gasteiger partial charge in [0.2, 0.25) is 0 Å². The quantitative estimate of drug-likeness (QED) is 0.782. The summed E-state index contributed by atoms with van der Waals surface area (Å²) < 4.78 is 18.9. The lowest BCUT2D eigenvalue weighted by Crippen LogP contribution is -2.24. The molecule has 0 saturated carbocycles. The van der Waals surface area contributed by atoms with Crippen LogP contribution in [0.4, 0.5) is 4.39 Å². The fourth-order valence-electron chi connectivity index (χ4n) is 1.73. The summed E-state index contributed by atoms with van der Waals surface area (Å²) in [7, 11) is 0. The molecule has 1 aliphatic rings. The summed E-state index contributed by atoms with van der Waals surface area (Å²) >= 11 is 5.88. The highest BCUT2D eigenvalue weighted by atomic mass is 35.5. The zero-order chi connectivity index (χ0) is 10.3. The van der Waals surface area contributed by atoms with Gasteiger partial charge in [-0.15, -0.1) is 0 Å². The highest BCUT2D eigenvalue weighted by molar-refractivity contribution is 6.32. The van der Waals surface area contributed by atoms with Crippen LogP contribution >= 0.6 is 11.6 Å². The van der Waals surface area contributed by atoms with Gasteiger partial charge in [0.1, 0.15) is 17.7 Å². The van der Waals surface area contributed by atoms with Crippen LogP contribution in [0.25, 0.3) is 0 Å². The summed E-state index contributed by atoms with van der Waals surface area (Å²) in [6.45, 7) is 1.95. The second-order valence-electron chi connectivity index (χ2n) is 3.36. The van der Waals surface area contributed by atoms with Gasteiger partial charge in [-0.1, -0.05) is 18.5 Å². The predicted molar refractivity (Wildman–Crippen MR) is 53.0 cm³/mol. The van der Waals surface area contributed by atoms with Gasteiger partial charge in [-0.3, -0.25) is 0 Å². The molecule has 2 rings (SSSR count). The van der Waals surface area contributed by atoms with E-state index >= 15 is 0 Å². The highest BCUT2D eigenvalue weighted by Crippen LogP contribution is 2.42. The molecule has 1 aliphatic heterocycles. The van der Waals surface area contributed by atoms with Gasteiger partial charge < -0.3 is 10.5 Å². The summed E-state index contributed by atoms with van der Waals surface area (Å²) in [5.74, 6) is 0.0684. The Morgan fingerprint density at radius 2 is 2.29 bits per heavy atom. The first-order chi connectivity index (χ1) is 6.65. The number of hydrogen-bond donors (Lipinski definition) is 1. The summed E-state index contributed by atoms with van der Waals surface area (Å²) in [5, 5.41) is 0.424. The number of benzene rings is 1. The molecule has 4 heteroatoms. The molecule has 0 fully saturated rings. The van der Waals surface area contributed by atoms with E-state index in [-0.39, 0.29) is 11.9 Å². The van der Waals surface area contributed by atoms with E-state index in [9.17, 15) is 4.39 Å². The van der Waals surface area contributed by atoms with Crippen molar-refractivity contribution in [1.29, 1.82) is 0 Å². The van der Waals surface area contributed by atoms with E-state index < -0.39 is 6.04 Å². The molecule has 2 nitrogen and oxygen atoms in total. The third kappa shape index (κ3) is 1.28. The first kappa shape index (κ1) is 9.74. The van der Waals surface area contributed by atoms with Crippen molar-refractivity contribution in [3.63, 3.8) is 0 Å². The molecule has 1 aromatic rings. The Morgan fingerprint density at radius 1 is 1.57 bits per heavy atom. The Morgan fingerprint density at radius 3 is 2.86 bits per heavy atom. The van der Waals surface area contributed by atoms with E-state index in [1.54, 1.807) is 0 Å². The normalized spacial score (nSPS) is 24.6. The van der Waals surface area contributed by atoms with Gasteiger partial charge >= 0.3 is 0 Å². The molecule has 1 aromatic carbocycles. The van der Waals surface area contributed by atoms with E-state index in [0.717, 1.165) is 6.42 Å². The number of nitrogens with two attached hydrogens (primary N) is 1. The predicted octanol–water partition coefficient (Wildman–Crippen LogP) is 2.65. The molecule has 0 amide bonds. The summed E-state index contributed by atoms with van der Waals surface area (Å²) in [5.41, 5.74) is 6.25. The fourth-order valence-corrected chi connectivity index (χ4v) is 1.94. The molecule has 1 heterocycles. The molecule has 0 saturated heterocycles. The minimum absolute atomic E-state index is 0.167. The lowest BCUT2D eigenvalue weighted by atomic mass is 10.0. The van der Waals surface area contributed by atoms with Crippen LogP contribution in [0, 0.1) is 5.82 Å². The largest absolute Gasteiger partial charge is 0.486 e. The Kier molecular flexibility index (Phi) is 2.37. The third-order valence-corrected chi connectivity index (χ3v) is 2.80. The molecule has 76 valence electrons. The smallest absolute Gasteiger partial charge is 0.146 e. The summed E-state index contributed by atoms with van der Waals surface area (Å²) in [6, 6.07) is 2.40. The molecular formula is C10H11ClFNO. The van der Waals surface area contributed by atoms with Crippen molar-refractivity contribution in [2.24, 2.45) is 5.73 Å². The zero-order valence-electron chi connectivity index (χ0n) is 7.76. The van der Waals surface area contributed by atoms with Crippen molar-refractivity contribution in [3.8, 4) is 5.75 Å². The summed E-state index contributed by atoms with van der Waals surface area (Å²) in [4.78, 5) is 0. The van der Waals surface area contributed by atoms with E-state index in [0.29, 0.717) is 16.3 Å². The van der Waals surface area contributed by atoms with Crippen molar-refractivity contribution < 1.29 is 9.13 Å². The second kappa shape index (κ2) is 3.41. The van der Waals surface area contributed by atoms with Gasteiger partial charge in [0, 0.05) is 0 Å². The number of fused-ring (bicyclic) bond motifs is 1.